The second-order valence-electron chi connectivity index (χ2n) is 4.89. The Hall–Kier alpha value is -2.11. The van der Waals surface area contributed by atoms with Gasteiger partial charge in [0.2, 0.25) is 0 Å². The standard InChI is InChI=1S/C16H15NO3S/c1-12(18)14-8-5-9-16-15(14)10-11-17(16)21(19,20)13-6-3-2-4-7-13/h2-12,18H,1H3. The molecule has 3 rings (SSSR count). The highest BCUT2D eigenvalue weighted by Gasteiger charge is 2.19. The zero-order chi connectivity index (χ0) is 15.0. The van der Waals surface area contributed by atoms with Crippen molar-refractivity contribution in [1.29, 1.82) is 0 Å². The zero-order valence-electron chi connectivity index (χ0n) is 11.5. The first-order valence-electron chi connectivity index (χ1n) is 6.60. The van der Waals surface area contributed by atoms with Crippen LogP contribution in [0.15, 0.2) is 65.7 Å². The summed E-state index contributed by atoms with van der Waals surface area (Å²) in [5.41, 5.74) is 1.28. The van der Waals surface area contributed by atoms with E-state index in [0.717, 1.165) is 10.9 Å². The molecule has 0 bridgehead atoms. The lowest BCUT2D eigenvalue weighted by Crippen LogP contribution is -2.11. The predicted octanol–water partition coefficient (Wildman–Crippen LogP) is 2.93. The summed E-state index contributed by atoms with van der Waals surface area (Å²) in [4.78, 5) is 0.241. The molecule has 1 N–H and O–H groups in total. The fourth-order valence-electron chi connectivity index (χ4n) is 2.45. The Bertz CT molecular complexity index is 880. The van der Waals surface area contributed by atoms with Crippen LogP contribution in [0.1, 0.15) is 18.6 Å². The monoisotopic (exact) mass is 301 g/mol. The molecular weight excluding hydrogens is 286 g/mol. The smallest absolute Gasteiger partial charge is 0.268 e. The second-order valence-corrected chi connectivity index (χ2v) is 6.70. The highest BCUT2D eigenvalue weighted by atomic mass is 32.2. The number of hydrogen-bond acceptors (Lipinski definition) is 3. The molecule has 1 aromatic heterocycles. The second kappa shape index (κ2) is 5.02. The molecule has 108 valence electrons. The van der Waals surface area contributed by atoms with Crippen molar-refractivity contribution < 1.29 is 13.5 Å². The molecular formula is C16H15NO3S. The van der Waals surface area contributed by atoms with E-state index in [4.69, 9.17) is 0 Å². The largest absolute Gasteiger partial charge is 0.389 e. The molecule has 0 aliphatic rings. The van der Waals surface area contributed by atoms with Crippen LogP contribution >= 0.6 is 0 Å². The van der Waals surface area contributed by atoms with E-state index in [1.54, 1.807) is 61.5 Å². The van der Waals surface area contributed by atoms with Gasteiger partial charge in [-0.25, -0.2) is 12.4 Å². The number of aromatic nitrogens is 1. The van der Waals surface area contributed by atoms with E-state index in [0.29, 0.717) is 5.52 Å². The van der Waals surface area contributed by atoms with Crippen LogP contribution < -0.4 is 0 Å². The Morgan fingerprint density at radius 1 is 1.00 bits per heavy atom. The van der Waals surface area contributed by atoms with E-state index >= 15 is 0 Å². The minimum Gasteiger partial charge on any atom is -0.389 e. The average molecular weight is 301 g/mol. The maximum atomic E-state index is 12.7. The number of hydrogen-bond donors (Lipinski definition) is 1. The minimum absolute atomic E-state index is 0.241. The molecule has 0 aliphatic carbocycles. The molecule has 1 atom stereocenters. The predicted molar refractivity (Wildman–Crippen MR) is 81.6 cm³/mol. The maximum absolute atomic E-state index is 12.7. The van der Waals surface area contributed by atoms with Gasteiger partial charge in [0.1, 0.15) is 0 Å². The molecule has 0 saturated heterocycles. The number of benzene rings is 2. The number of rotatable bonds is 3. The lowest BCUT2D eigenvalue weighted by molar-refractivity contribution is 0.201. The molecule has 2 aromatic carbocycles. The van der Waals surface area contributed by atoms with E-state index in [1.165, 1.54) is 10.2 Å². The molecule has 5 heteroatoms. The molecule has 1 unspecified atom stereocenters. The summed E-state index contributed by atoms with van der Waals surface area (Å²) >= 11 is 0. The molecule has 0 amide bonds. The van der Waals surface area contributed by atoms with Crippen molar-refractivity contribution in [2.75, 3.05) is 0 Å². The lowest BCUT2D eigenvalue weighted by Gasteiger charge is -2.09. The topological polar surface area (TPSA) is 59.3 Å². The average Bonchev–Trinajstić information content (AvgIpc) is 2.92. The number of aliphatic hydroxyl groups excluding tert-OH is 1. The summed E-state index contributed by atoms with van der Waals surface area (Å²) in [5.74, 6) is 0. The molecule has 0 fully saturated rings. The van der Waals surface area contributed by atoms with E-state index in [1.807, 2.05) is 0 Å². The molecule has 21 heavy (non-hydrogen) atoms. The van der Waals surface area contributed by atoms with Gasteiger partial charge in [-0.05, 0) is 36.8 Å². The fraction of sp³-hybridized carbons (Fsp3) is 0.125. The van der Waals surface area contributed by atoms with E-state index < -0.39 is 16.1 Å². The maximum Gasteiger partial charge on any atom is 0.268 e. The van der Waals surface area contributed by atoms with Gasteiger partial charge in [0.15, 0.2) is 0 Å². The van der Waals surface area contributed by atoms with Crippen LogP contribution in [0.25, 0.3) is 10.9 Å². The Morgan fingerprint density at radius 2 is 1.71 bits per heavy atom. The quantitative estimate of drug-likeness (QED) is 0.809. The normalized spacial score (nSPS) is 13.4. The Labute approximate surface area is 123 Å². The summed E-state index contributed by atoms with van der Waals surface area (Å²) in [7, 11) is -3.63. The van der Waals surface area contributed by atoms with Crippen molar-refractivity contribution in [3.05, 3.63) is 66.4 Å². The summed E-state index contributed by atoms with van der Waals surface area (Å²) in [6.45, 7) is 1.66. The molecule has 0 aliphatic heterocycles. The van der Waals surface area contributed by atoms with Crippen LogP contribution in [0.5, 0.6) is 0 Å². The SMILES string of the molecule is CC(O)c1cccc2c1ccn2S(=O)(=O)c1ccccc1. The fourth-order valence-corrected chi connectivity index (χ4v) is 3.81. The molecule has 0 radical (unpaired) electrons. The van der Waals surface area contributed by atoms with Crippen LogP contribution in [-0.2, 0) is 10.0 Å². The van der Waals surface area contributed by atoms with Gasteiger partial charge in [-0.1, -0.05) is 30.3 Å². The minimum atomic E-state index is -3.63. The van der Waals surface area contributed by atoms with Crippen molar-refractivity contribution in [2.45, 2.75) is 17.9 Å². The Morgan fingerprint density at radius 3 is 2.38 bits per heavy atom. The van der Waals surface area contributed by atoms with Crippen molar-refractivity contribution in [3.63, 3.8) is 0 Å². The van der Waals surface area contributed by atoms with Crippen LogP contribution in [0, 0.1) is 0 Å². The first-order chi connectivity index (χ1) is 10.0. The Balaban J connectivity index is 2.25. The molecule has 0 saturated carbocycles. The summed E-state index contributed by atoms with van der Waals surface area (Å²) < 4.78 is 26.6. The van der Waals surface area contributed by atoms with Gasteiger partial charge in [-0.15, -0.1) is 0 Å². The van der Waals surface area contributed by atoms with Gasteiger partial charge < -0.3 is 5.11 Å². The van der Waals surface area contributed by atoms with Crippen molar-refractivity contribution in [1.82, 2.24) is 3.97 Å². The van der Waals surface area contributed by atoms with E-state index in [9.17, 15) is 13.5 Å². The van der Waals surface area contributed by atoms with Crippen LogP contribution in [0.4, 0.5) is 0 Å². The summed E-state index contributed by atoms with van der Waals surface area (Å²) in [5, 5.41) is 10.5. The van der Waals surface area contributed by atoms with Gasteiger partial charge in [0.05, 0.1) is 16.5 Å². The molecule has 0 spiro atoms. The van der Waals surface area contributed by atoms with Crippen molar-refractivity contribution >= 4 is 20.9 Å². The van der Waals surface area contributed by atoms with Gasteiger partial charge in [-0.3, -0.25) is 0 Å². The molecule has 1 heterocycles. The molecule has 3 aromatic rings. The van der Waals surface area contributed by atoms with Gasteiger partial charge in [0, 0.05) is 11.6 Å². The Kier molecular flexibility index (Phi) is 3.31. The third kappa shape index (κ3) is 2.24. The van der Waals surface area contributed by atoms with Gasteiger partial charge >= 0.3 is 0 Å². The highest BCUT2D eigenvalue weighted by molar-refractivity contribution is 7.90. The first-order valence-corrected chi connectivity index (χ1v) is 8.04. The van der Waals surface area contributed by atoms with Gasteiger partial charge in [0.25, 0.3) is 10.0 Å². The number of nitrogens with zero attached hydrogens (tertiary/aromatic N) is 1. The lowest BCUT2D eigenvalue weighted by atomic mass is 10.1. The van der Waals surface area contributed by atoms with E-state index in [-0.39, 0.29) is 4.90 Å². The van der Waals surface area contributed by atoms with Crippen LogP contribution in [0.2, 0.25) is 0 Å². The van der Waals surface area contributed by atoms with Crippen LogP contribution in [-0.4, -0.2) is 17.5 Å². The van der Waals surface area contributed by atoms with Crippen molar-refractivity contribution in [3.8, 4) is 0 Å². The zero-order valence-corrected chi connectivity index (χ0v) is 12.3. The number of fused-ring (bicyclic) bond motifs is 1. The third-order valence-electron chi connectivity index (χ3n) is 3.48. The first kappa shape index (κ1) is 13.9. The summed E-state index contributed by atoms with van der Waals surface area (Å²) in [6.07, 6.45) is 0.878. The van der Waals surface area contributed by atoms with Crippen LogP contribution in [0.3, 0.4) is 0 Å². The highest BCUT2D eigenvalue weighted by Crippen LogP contribution is 2.27. The van der Waals surface area contributed by atoms with Crippen molar-refractivity contribution in [2.24, 2.45) is 0 Å². The third-order valence-corrected chi connectivity index (χ3v) is 5.19. The number of aliphatic hydroxyl groups is 1. The summed E-state index contributed by atoms with van der Waals surface area (Å²) in [6, 6.07) is 15.3. The van der Waals surface area contributed by atoms with E-state index in [2.05, 4.69) is 0 Å². The van der Waals surface area contributed by atoms with Gasteiger partial charge in [-0.2, -0.15) is 0 Å². The molecule has 4 nitrogen and oxygen atoms in total.